The second-order valence-electron chi connectivity index (χ2n) is 3.15. The highest BCUT2D eigenvalue weighted by molar-refractivity contribution is 6.30. The monoisotopic (exact) mass is 222 g/mol. The number of aromatic nitrogens is 3. The minimum atomic E-state index is 0.660. The van der Waals surface area contributed by atoms with Gasteiger partial charge in [0.15, 0.2) is 0 Å². The summed E-state index contributed by atoms with van der Waals surface area (Å²) in [5.74, 6) is 0. The van der Waals surface area contributed by atoms with Crippen molar-refractivity contribution < 1.29 is 0 Å². The van der Waals surface area contributed by atoms with Crippen LogP contribution >= 0.6 is 11.6 Å². The number of hydrogen-bond acceptors (Lipinski definition) is 3. The van der Waals surface area contributed by atoms with Crippen LogP contribution in [0.25, 0.3) is 0 Å². The number of hydrogen-bond donors (Lipinski definition) is 2. The number of aromatic amines is 1. The molecule has 0 amide bonds. The first-order valence-electron chi connectivity index (χ1n) is 4.63. The molecule has 2 rings (SSSR count). The van der Waals surface area contributed by atoms with Gasteiger partial charge in [-0.1, -0.05) is 11.6 Å². The maximum absolute atomic E-state index is 5.73. The van der Waals surface area contributed by atoms with Crippen LogP contribution in [0.4, 0.5) is 0 Å². The Morgan fingerprint density at radius 1 is 1.27 bits per heavy atom. The predicted molar refractivity (Wildman–Crippen MR) is 58.4 cm³/mol. The predicted octanol–water partition coefficient (Wildman–Crippen LogP) is 1.75. The summed E-state index contributed by atoms with van der Waals surface area (Å²) in [7, 11) is 0. The molecule has 0 aliphatic rings. The van der Waals surface area contributed by atoms with E-state index in [9.17, 15) is 0 Å². The minimum absolute atomic E-state index is 0.660. The van der Waals surface area contributed by atoms with Gasteiger partial charge >= 0.3 is 0 Å². The smallest absolute Gasteiger partial charge is 0.0922 e. The maximum atomic E-state index is 5.73. The molecule has 0 spiro atoms. The van der Waals surface area contributed by atoms with Crippen LogP contribution in [0.3, 0.4) is 0 Å². The van der Waals surface area contributed by atoms with Gasteiger partial charge in [-0.05, 0) is 12.1 Å². The summed E-state index contributed by atoms with van der Waals surface area (Å²) >= 11 is 5.73. The molecule has 2 N–H and O–H groups in total. The van der Waals surface area contributed by atoms with Crippen molar-refractivity contribution in [3.05, 3.63) is 47.3 Å². The molecule has 0 aromatic carbocycles. The second-order valence-corrected chi connectivity index (χ2v) is 3.58. The fourth-order valence-electron chi connectivity index (χ4n) is 1.22. The first-order chi connectivity index (χ1) is 7.34. The van der Waals surface area contributed by atoms with Gasteiger partial charge in [0, 0.05) is 31.2 Å². The zero-order valence-electron chi connectivity index (χ0n) is 8.07. The van der Waals surface area contributed by atoms with E-state index in [0.29, 0.717) is 5.02 Å². The Labute approximate surface area is 92.7 Å². The largest absolute Gasteiger partial charge is 0.347 e. The van der Waals surface area contributed by atoms with Crippen molar-refractivity contribution in [2.45, 2.75) is 13.1 Å². The Kier molecular flexibility index (Phi) is 3.32. The topological polar surface area (TPSA) is 53.6 Å². The first kappa shape index (κ1) is 10.1. The van der Waals surface area contributed by atoms with Crippen LogP contribution in [-0.2, 0) is 13.1 Å². The molecule has 0 saturated carbocycles. The molecule has 15 heavy (non-hydrogen) atoms. The van der Waals surface area contributed by atoms with Crippen molar-refractivity contribution in [3.63, 3.8) is 0 Å². The number of pyridine rings is 1. The van der Waals surface area contributed by atoms with Gasteiger partial charge in [0.2, 0.25) is 0 Å². The van der Waals surface area contributed by atoms with E-state index in [1.54, 1.807) is 18.7 Å². The van der Waals surface area contributed by atoms with Gasteiger partial charge in [-0.3, -0.25) is 4.98 Å². The molecule has 0 saturated heterocycles. The molecule has 0 atom stereocenters. The Hall–Kier alpha value is -1.39. The van der Waals surface area contributed by atoms with Crippen molar-refractivity contribution in [1.82, 2.24) is 20.3 Å². The van der Waals surface area contributed by atoms with Crippen molar-refractivity contribution in [1.29, 1.82) is 0 Å². The fraction of sp³-hybridized carbons (Fsp3) is 0.200. The summed E-state index contributed by atoms with van der Waals surface area (Å²) in [5.41, 5.74) is 2.03. The van der Waals surface area contributed by atoms with Crippen LogP contribution in [0, 0.1) is 0 Å². The Morgan fingerprint density at radius 3 is 2.87 bits per heavy atom. The number of nitrogens with one attached hydrogen (secondary N) is 2. The highest BCUT2D eigenvalue weighted by Crippen LogP contribution is 2.05. The lowest BCUT2D eigenvalue weighted by atomic mass is 10.3. The van der Waals surface area contributed by atoms with E-state index >= 15 is 0 Å². The zero-order valence-corrected chi connectivity index (χ0v) is 8.83. The van der Waals surface area contributed by atoms with E-state index in [1.165, 1.54) is 0 Å². The summed E-state index contributed by atoms with van der Waals surface area (Å²) in [6, 6.07) is 3.74. The Balaban J connectivity index is 1.81. The van der Waals surface area contributed by atoms with Crippen LogP contribution in [0.15, 0.2) is 30.9 Å². The molecule has 2 heterocycles. The van der Waals surface area contributed by atoms with Crippen LogP contribution in [0.5, 0.6) is 0 Å². The molecule has 4 nitrogen and oxygen atoms in total. The van der Waals surface area contributed by atoms with E-state index in [4.69, 9.17) is 11.6 Å². The van der Waals surface area contributed by atoms with Gasteiger partial charge in [0.05, 0.1) is 17.0 Å². The standard InChI is InChI=1S/C10H11ClN4/c11-8-1-2-9(14-3-8)4-12-5-10-6-13-7-15-10/h1-3,6-7,12H,4-5H2,(H,13,15). The lowest BCUT2D eigenvalue weighted by Crippen LogP contribution is -2.13. The molecule has 0 aliphatic heterocycles. The average molecular weight is 223 g/mol. The van der Waals surface area contributed by atoms with E-state index < -0.39 is 0 Å². The van der Waals surface area contributed by atoms with Gasteiger partial charge in [-0.2, -0.15) is 0 Å². The normalized spacial score (nSPS) is 10.5. The number of nitrogens with zero attached hydrogens (tertiary/aromatic N) is 2. The third kappa shape index (κ3) is 3.04. The van der Waals surface area contributed by atoms with Crippen LogP contribution in [-0.4, -0.2) is 15.0 Å². The molecular weight excluding hydrogens is 212 g/mol. The molecule has 0 bridgehead atoms. The molecule has 0 radical (unpaired) electrons. The van der Waals surface area contributed by atoms with E-state index in [2.05, 4.69) is 20.3 Å². The van der Waals surface area contributed by atoms with Crippen LogP contribution in [0.1, 0.15) is 11.4 Å². The highest BCUT2D eigenvalue weighted by atomic mass is 35.5. The number of imidazole rings is 1. The van der Waals surface area contributed by atoms with E-state index in [-0.39, 0.29) is 0 Å². The molecular formula is C10H11ClN4. The maximum Gasteiger partial charge on any atom is 0.0922 e. The van der Waals surface area contributed by atoms with Gasteiger partial charge in [0.25, 0.3) is 0 Å². The molecule has 2 aromatic rings. The van der Waals surface area contributed by atoms with Crippen molar-refractivity contribution in [3.8, 4) is 0 Å². The van der Waals surface area contributed by atoms with Gasteiger partial charge < -0.3 is 10.3 Å². The summed E-state index contributed by atoms with van der Waals surface area (Å²) < 4.78 is 0. The SMILES string of the molecule is Clc1ccc(CNCc2cnc[nH]2)nc1. The fourth-order valence-corrected chi connectivity index (χ4v) is 1.33. The van der Waals surface area contributed by atoms with E-state index in [0.717, 1.165) is 24.5 Å². The molecule has 5 heteroatoms. The Bertz CT molecular complexity index is 396. The van der Waals surface area contributed by atoms with Crippen LogP contribution < -0.4 is 5.32 Å². The first-order valence-corrected chi connectivity index (χ1v) is 5.01. The second kappa shape index (κ2) is 4.91. The molecule has 2 aromatic heterocycles. The van der Waals surface area contributed by atoms with Crippen LogP contribution in [0.2, 0.25) is 5.02 Å². The van der Waals surface area contributed by atoms with Gasteiger partial charge in [-0.15, -0.1) is 0 Å². The summed E-state index contributed by atoms with van der Waals surface area (Å²) in [4.78, 5) is 11.1. The molecule has 0 unspecified atom stereocenters. The van der Waals surface area contributed by atoms with Crippen molar-refractivity contribution >= 4 is 11.6 Å². The zero-order chi connectivity index (χ0) is 10.5. The van der Waals surface area contributed by atoms with Crippen molar-refractivity contribution in [2.75, 3.05) is 0 Å². The van der Waals surface area contributed by atoms with Gasteiger partial charge in [-0.25, -0.2) is 4.98 Å². The number of halogens is 1. The lowest BCUT2D eigenvalue weighted by Gasteiger charge is -2.02. The number of H-pyrrole nitrogens is 1. The summed E-state index contributed by atoms with van der Waals surface area (Å²) in [6.07, 6.45) is 5.11. The molecule has 78 valence electrons. The highest BCUT2D eigenvalue weighted by Gasteiger charge is 1.96. The lowest BCUT2D eigenvalue weighted by molar-refractivity contribution is 0.670. The van der Waals surface area contributed by atoms with Gasteiger partial charge in [0.1, 0.15) is 0 Å². The van der Waals surface area contributed by atoms with Crippen molar-refractivity contribution in [2.24, 2.45) is 0 Å². The quantitative estimate of drug-likeness (QED) is 0.829. The third-order valence-corrected chi connectivity index (χ3v) is 2.19. The minimum Gasteiger partial charge on any atom is -0.347 e. The number of rotatable bonds is 4. The third-order valence-electron chi connectivity index (χ3n) is 1.97. The summed E-state index contributed by atoms with van der Waals surface area (Å²) in [5, 5.41) is 3.91. The van der Waals surface area contributed by atoms with E-state index in [1.807, 2.05) is 12.1 Å². The molecule has 0 aliphatic carbocycles. The average Bonchev–Trinajstić information content (AvgIpc) is 2.74. The molecule has 0 fully saturated rings. The summed E-state index contributed by atoms with van der Waals surface area (Å²) in [6.45, 7) is 1.47. The Morgan fingerprint density at radius 2 is 2.20 bits per heavy atom.